The van der Waals surface area contributed by atoms with Crippen LogP contribution in [0.2, 0.25) is 0 Å². The van der Waals surface area contributed by atoms with Crippen LogP contribution in [0.5, 0.6) is 0 Å². The van der Waals surface area contributed by atoms with Crippen molar-refractivity contribution in [3.63, 3.8) is 0 Å². The number of hydrogen-bond donors (Lipinski definition) is 2. The number of hydrogen-bond acceptors (Lipinski definition) is 1. The maximum Gasteiger partial charge on any atom is 0.318 e. The zero-order valence-corrected chi connectivity index (χ0v) is 10.5. The number of carbonyl (C=O) groups excluding carboxylic acids is 1. The van der Waals surface area contributed by atoms with Crippen molar-refractivity contribution in [1.82, 2.24) is 10.6 Å². The van der Waals surface area contributed by atoms with E-state index < -0.39 is 0 Å². The fraction of sp³-hybridized carbons (Fsp3) is 0.357. The van der Waals surface area contributed by atoms with Crippen LogP contribution in [-0.2, 0) is 0 Å². The van der Waals surface area contributed by atoms with E-state index in [1.165, 1.54) is 5.56 Å². The maximum atomic E-state index is 11.3. The minimum Gasteiger partial charge on any atom is -0.338 e. The van der Waals surface area contributed by atoms with Crippen LogP contribution in [0.1, 0.15) is 30.9 Å². The molecule has 3 nitrogen and oxygen atoms in total. The summed E-state index contributed by atoms with van der Waals surface area (Å²) in [5.41, 5.74) is 2.30. The molecule has 0 saturated heterocycles. The third-order valence-electron chi connectivity index (χ3n) is 2.48. The van der Waals surface area contributed by atoms with E-state index in [0.717, 1.165) is 24.9 Å². The molecule has 2 amide bonds. The van der Waals surface area contributed by atoms with Crippen LogP contribution in [0, 0.1) is 6.92 Å². The molecule has 0 unspecified atom stereocenters. The Morgan fingerprint density at radius 2 is 2.12 bits per heavy atom. The fourth-order valence-electron chi connectivity index (χ4n) is 1.41. The predicted molar refractivity (Wildman–Crippen MR) is 71.7 cm³/mol. The lowest BCUT2D eigenvalue weighted by Crippen LogP contribution is -2.32. The number of urea groups is 1. The summed E-state index contributed by atoms with van der Waals surface area (Å²) in [6, 6.07) is 7.89. The van der Waals surface area contributed by atoms with Gasteiger partial charge in [0.05, 0.1) is 0 Å². The Balaban J connectivity index is 2.35. The molecule has 0 saturated carbocycles. The summed E-state index contributed by atoms with van der Waals surface area (Å²) in [6.07, 6.45) is 5.66. The molecule has 0 aromatic heterocycles. The molecule has 0 spiro atoms. The van der Waals surface area contributed by atoms with E-state index in [-0.39, 0.29) is 6.03 Å². The monoisotopic (exact) mass is 232 g/mol. The zero-order chi connectivity index (χ0) is 12.5. The standard InChI is InChI=1S/C14H20N2O/c1-3-4-10-15-14(17)16-11-9-13-8-6-5-7-12(13)2/h5-9,11H,3-4,10H2,1-2H3,(H2,15,16,17)/b11-9+. The molecule has 0 fully saturated rings. The van der Waals surface area contributed by atoms with E-state index in [4.69, 9.17) is 0 Å². The highest BCUT2D eigenvalue weighted by molar-refractivity contribution is 5.75. The normalized spacial score (nSPS) is 10.5. The van der Waals surface area contributed by atoms with E-state index in [1.54, 1.807) is 6.20 Å². The summed E-state index contributed by atoms with van der Waals surface area (Å²) in [6.45, 7) is 4.86. The summed E-state index contributed by atoms with van der Waals surface area (Å²) in [5.74, 6) is 0. The lowest BCUT2D eigenvalue weighted by atomic mass is 10.1. The first kappa shape index (κ1) is 13.3. The topological polar surface area (TPSA) is 41.1 Å². The van der Waals surface area contributed by atoms with Crippen molar-refractivity contribution in [3.05, 3.63) is 41.6 Å². The van der Waals surface area contributed by atoms with Crippen molar-refractivity contribution in [2.24, 2.45) is 0 Å². The molecular weight excluding hydrogens is 212 g/mol. The molecule has 0 aliphatic heterocycles. The van der Waals surface area contributed by atoms with Crippen LogP contribution in [0.25, 0.3) is 6.08 Å². The highest BCUT2D eigenvalue weighted by Gasteiger charge is 1.95. The van der Waals surface area contributed by atoms with E-state index in [2.05, 4.69) is 17.6 Å². The highest BCUT2D eigenvalue weighted by atomic mass is 16.2. The van der Waals surface area contributed by atoms with Gasteiger partial charge in [-0.15, -0.1) is 0 Å². The molecule has 0 aliphatic rings. The average Bonchev–Trinajstić information content (AvgIpc) is 2.32. The Bertz CT molecular complexity index is 386. The Labute approximate surface area is 103 Å². The predicted octanol–water partition coefficient (Wildman–Crippen LogP) is 3.07. The van der Waals surface area contributed by atoms with Gasteiger partial charge in [-0.2, -0.15) is 0 Å². The highest BCUT2D eigenvalue weighted by Crippen LogP contribution is 2.07. The first-order chi connectivity index (χ1) is 8.24. The molecule has 3 heteroatoms. The van der Waals surface area contributed by atoms with Crippen LogP contribution in [0.3, 0.4) is 0 Å². The summed E-state index contributed by atoms with van der Waals surface area (Å²) >= 11 is 0. The van der Waals surface area contributed by atoms with E-state index >= 15 is 0 Å². The van der Waals surface area contributed by atoms with E-state index in [0.29, 0.717) is 0 Å². The van der Waals surface area contributed by atoms with Crippen LogP contribution in [0.15, 0.2) is 30.5 Å². The zero-order valence-electron chi connectivity index (χ0n) is 10.5. The minimum atomic E-state index is -0.150. The smallest absolute Gasteiger partial charge is 0.318 e. The van der Waals surface area contributed by atoms with Crippen LogP contribution >= 0.6 is 0 Å². The molecule has 1 aromatic carbocycles. The molecule has 0 heterocycles. The van der Waals surface area contributed by atoms with Crippen molar-refractivity contribution in [1.29, 1.82) is 0 Å². The van der Waals surface area contributed by atoms with Gasteiger partial charge in [-0.25, -0.2) is 4.79 Å². The molecule has 92 valence electrons. The van der Waals surface area contributed by atoms with Crippen LogP contribution in [-0.4, -0.2) is 12.6 Å². The van der Waals surface area contributed by atoms with Crippen molar-refractivity contribution < 1.29 is 4.79 Å². The second-order valence-corrected chi connectivity index (χ2v) is 3.94. The molecule has 2 N–H and O–H groups in total. The van der Waals surface area contributed by atoms with Crippen molar-refractivity contribution in [3.8, 4) is 0 Å². The molecular formula is C14H20N2O. The third kappa shape index (κ3) is 5.20. The molecule has 17 heavy (non-hydrogen) atoms. The molecule has 0 aliphatic carbocycles. The summed E-state index contributed by atoms with van der Waals surface area (Å²) in [7, 11) is 0. The second kappa shape index (κ2) is 7.49. The average molecular weight is 232 g/mol. The number of benzene rings is 1. The van der Waals surface area contributed by atoms with Crippen molar-refractivity contribution in [2.75, 3.05) is 6.54 Å². The molecule has 0 radical (unpaired) electrons. The minimum absolute atomic E-state index is 0.150. The number of nitrogens with one attached hydrogen (secondary N) is 2. The van der Waals surface area contributed by atoms with Gasteiger partial charge in [0.15, 0.2) is 0 Å². The van der Waals surface area contributed by atoms with E-state index in [1.807, 2.05) is 37.3 Å². The lowest BCUT2D eigenvalue weighted by molar-refractivity contribution is 0.244. The Kier molecular flexibility index (Phi) is 5.86. The van der Waals surface area contributed by atoms with Gasteiger partial charge >= 0.3 is 6.03 Å². The fourth-order valence-corrected chi connectivity index (χ4v) is 1.41. The summed E-state index contributed by atoms with van der Waals surface area (Å²) in [5, 5.41) is 5.47. The summed E-state index contributed by atoms with van der Waals surface area (Å²) < 4.78 is 0. The van der Waals surface area contributed by atoms with Gasteiger partial charge in [-0.1, -0.05) is 37.6 Å². The Hall–Kier alpha value is -1.77. The second-order valence-electron chi connectivity index (χ2n) is 3.94. The molecule has 0 atom stereocenters. The molecule has 0 bridgehead atoms. The number of amides is 2. The molecule has 1 aromatic rings. The Morgan fingerprint density at radius 3 is 2.82 bits per heavy atom. The number of rotatable bonds is 5. The Morgan fingerprint density at radius 1 is 1.35 bits per heavy atom. The first-order valence-electron chi connectivity index (χ1n) is 6.00. The van der Waals surface area contributed by atoms with E-state index in [9.17, 15) is 4.79 Å². The number of unbranched alkanes of at least 4 members (excludes halogenated alkanes) is 1. The largest absolute Gasteiger partial charge is 0.338 e. The SMILES string of the molecule is CCCCNC(=O)N/C=C/c1ccccc1C. The van der Waals surface area contributed by atoms with Gasteiger partial charge < -0.3 is 10.6 Å². The van der Waals surface area contributed by atoms with Gasteiger partial charge in [-0.3, -0.25) is 0 Å². The van der Waals surface area contributed by atoms with Gasteiger partial charge in [0, 0.05) is 12.7 Å². The quantitative estimate of drug-likeness (QED) is 0.753. The van der Waals surface area contributed by atoms with Crippen molar-refractivity contribution >= 4 is 12.1 Å². The number of aryl methyl sites for hydroxylation is 1. The van der Waals surface area contributed by atoms with Gasteiger partial charge in [-0.05, 0) is 30.5 Å². The van der Waals surface area contributed by atoms with Crippen LogP contribution in [0.4, 0.5) is 4.79 Å². The van der Waals surface area contributed by atoms with Gasteiger partial charge in [0.2, 0.25) is 0 Å². The van der Waals surface area contributed by atoms with Crippen LogP contribution < -0.4 is 10.6 Å². The maximum absolute atomic E-state index is 11.3. The first-order valence-corrected chi connectivity index (χ1v) is 6.00. The third-order valence-corrected chi connectivity index (χ3v) is 2.48. The summed E-state index contributed by atoms with van der Waals surface area (Å²) in [4.78, 5) is 11.3. The van der Waals surface area contributed by atoms with Gasteiger partial charge in [0.25, 0.3) is 0 Å². The molecule has 1 rings (SSSR count). The van der Waals surface area contributed by atoms with Crippen molar-refractivity contribution in [2.45, 2.75) is 26.7 Å². The van der Waals surface area contributed by atoms with Gasteiger partial charge in [0.1, 0.15) is 0 Å². The number of carbonyl (C=O) groups is 1. The lowest BCUT2D eigenvalue weighted by Gasteiger charge is -2.03.